The summed E-state index contributed by atoms with van der Waals surface area (Å²) in [6.07, 6.45) is 0.0342. The largest absolute Gasteiger partial charge is 0.394 e. The molecule has 0 aliphatic rings. The molecule has 0 aromatic carbocycles. The fraction of sp³-hybridized carbons (Fsp3) is 1.00. The monoisotopic (exact) mass is 162 g/mol. The summed E-state index contributed by atoms with van der Waals surface area (Å²) in [6.45, 7) is 7.06. The average Bonchev–Trinajstić information content (AvgIpc) is 2.01. The van der Waals surface area contributed by atoms with Crippen molar-refractivity contribution in [1.29, 1.82) is 0 Å². The average molecular weight is 162 g/mol. The first kappa shape index (κ1) is 10.9. The molecule has 0 rings (SSSR count). The van der Waals surface area contributed by atoms with Crippen LogP contribution in [0.15, 0.2) is 0 Å². The van der Waals surface area contributed by atoms with Gasteiger partial charge in [0, 0.05) is 6.61 Å². The van der Waals surface area contributed by atoms with Crippen molar-refractivity contribution in [2.75, 3.05) is 19.8 Å². The maximum atomic E-state index is 8.61. The fourth-order valence-corrected chi connectivity index (χ4v) is 0.685. The molecule has 0 aliphatic heterocycles. The summed E-state index contributed by atoms with van der Waals surface area (Å²) < 4.78 is 10.5. The molecule has 0 bridgehead atoms. The minimum Gasteiger partial charge on any atom is -0.394 e. The van der Waals surface area contributed by atoms with Crippen molar-refractivity contribution < 1.29 is 14.6 Å². The van der Waals surface area contributed by atoms with Gasteiger partial charge in [-0.2, -0.15) is 0 Å². The Morgan fingerprint density at radius 1 is 1.18 bits per heavy atom. The highest BCUT2D eigenvalue weighted by atomic mass is 16.5. The molecule has 0 unspecified atom stereocenters. The highest BCUT2D eigenvalue weighted by molar-refractivity contribution is 4.50. The molecule has 2 atom stereocenters. The molecular weight excluding hydrogens is 144 g/mol. The predicted octanol–water partition coefficient (Wildman–Crippen LogP) is 0.809. The summed E-state index contributed by atoms with van der Waals surface area (Å²) in [4.78, 5) is 0. The summed E-state index contributed by atoms with van der Waals surface area (Å²) in [7, 11) is 0. The second kappa shape index (κ2) is 6.58. The Bertz CT molecular complexity index is 85.4. The van der Waals surface area contributed by atoms with Crippen LogP contribution in [0.25, 0.3) is 0 Å². The first-order valence-corrected chi connectivity index (χ1v) is 4.04. The van der Waals surface area contributed by atoms with Gasteiger partial charge >= 0.3 is 0 Å². The fourth-order valence-electron chi connectivity index (χ4n) is 0.685. The van der Waals surface area contributed by atoms with Crippen molar-refractivity contribution in [3.63, 3.8) is 0 Å². The SMILES string of the molecule is CCO[C@@H](C)CO[C@H](C)CO. The summed E-state index contributed by atoms with van der Waals surface area (Å²) in [6, 6.07) is 0. The van der Waals surface area contributed by atoms with Crippen LogP contribution in [0.2, 0.25) is 0 Å². The van der Waals surface area contributed by atoms with E-state index in [2.05, 4.69) is 0 Å². The molecule has 0 heterocycles. The molecular formula is C8H18O3. The first-order valence-electron chi connectivity index (χ1n) is 4.04. The molecule has 3 heteroatoms. The Balaban J connectivity index is 3.22. The highest BCUT2D eigenvalue weighted by Crippen LogP contribution is 1.95. The van der Waals surface area contributed by atoms with Crippen LogP contribution in [0.1, 0.15) is 20.8 Å². The molecule has 0 fully saturated rings. The summed E-state index contributed by atoms with van der Waals surface area (Å²) >= 11 is 0. The Kier molecular flexibility index (Phi) is 6.51. The van der Waals surface area contributed by atoms with E-state index in [-0.39, 0.29) is 18.8 Å². The Morgan fingerprint density at radius 2 is 1.82 bits per heavy atom. The van der Waals surface area contributed by atoms with Gasteiger partial charge in [0.15, 0.2) is 0 Å². The second-order valence-corrected chi connectivity index (χ2v) is 2.59. The molecule has 0 aromatic heterocycles. The van der Waals surface area contributed by atoms with Crippen molar-refractivity contribution in [2.24, 2.45) is 0 Å². The van der Waals surface area contributed by atoms with Crippen molar-refractivity contribution in [3.05, 3.63) is 0 Å². The predicted molar refractivity (Wildman–Crippen MR) is 43.6 cm³/mol. The van der Waals surface area contributed by atoms with Crippen molar-refractivity contribution in [3.8, 4) is 0 Å². The van der Waals surface area contributed by atoms with Crippen LogP contribution >= 0.6 is 0 Å². The number of aliphatic hydroxyl groups is 1. The summed E-state index contributed by atoms with van der Waals surface area (Å²) in [5.74, 6) is 0. The van der Waals surface area contributed by atoms with Gasteiger partial charge in [-0.25, -0.2) is 0 Å². The molecule has 0 saturated carbocycles. The molecule has 0 aliphatic carbocycles. The molecule has 0 spiro atoms. The van der Waals surface area contributed by atoms with Crippen LogP contribution < -0.4 is 0 Å². The van der Waals surface area contributed by atoms with E-state index in [4.69, 9.17) is 14.6 Å². The van der Waals surface area contributed by atoms with Crippen LogP contribution in [0.5, 0.6) is 0 Å². The van der Waals surface area contributed by atoms with E-state index in [0.29, 0.717) is 13.2 Å². The lowest BCUT2D eigenvalue weighted by Crippen LogP contribution is -2.22. The third-order valence-corrected chi connectivity index (χ3v) is 1.32. The zero-order chi connectivity index (χ0) is 8.69. The maximum Gasteiger partial charge on any atom is 0.0780 e. The van der Waals surface area contributed by atoms with Crippen molar-refractivity contribution in [2.45, 2.75) is 33.0 Å². The van der Waals surface area contributed by atoms with Gasteiger partial charge in [-0.15, -0.1) is 0 Å². The van der Waals surface area contributed by atoms with Crippen LogP contribution in [-0.4, -0.2) is 37.1 Å². The normalized spacial score (nSPS) is 16.4. The standard InChI is InChI=1S/C8H18O3/c1-4-10-8(3)6-11-7(2)5-9/h7-9H,4-6H2,1-3H3/t7-,8+/m1/s1. The molecule has 0 aromatic rings. The molecule has 3 nitrogen and oxygen atoms in total. The lowest BCUT2D eigenvalue weighted by atomic mass is 10.4. The number of aliphatic hydroxyl groups excluding tert-OH is 1. The van der Waals surface area contributed by atoms with Gasteiger partial charge in [0.2, 0.25) is 0 Å². The summed E-state index contributed by atoms with van der Waals surface area (Å²) in [5.41, 5.74) is 0. The summed E-state index contributed by atoms with van der Waals surface area (Å²) in [5, 5.41) is 8.61. The van der Waals surface area contributed by atoms with Gasteiger partial charge in [0.25, 0.3) is 0 Å². The van der Waals surface area contributed by atoms with Crippen LogP contribution in [-0.2, 0) is 9.47 Å². The first-order chi connectivity index (χ1) is 5.20. The molecule has 11 heavy (non-hydrogen) atoms. The molecule has 0 amide bonds. The molecule has 0 saturated heterocycles. The third kappa shape index (κ3) is 6.28. The van der Waals surface area contributed by atoms with Crippen LogP contribution in [0.3, 0.4) is 0 Å². The van der Waals surface area contributed by atoms with Gasteiger partial charge < -0.3 is 14.6 Å². The Hall–Kier alpha value is -0.120. The quantitative estimate of drug-likeness (QED) is 0.628. The zero-order valence-corrected chi connectivity index (χ0v) is 7.54. The van der Waals surface area contributed by atoms with Gasteiger partial charge in [-0.3, -0.25) is 0 Å². The molecule has 0 radical (unpaired) electrons. The Labute approximate surface area is 68.3 Å². The van der Waals surface area contributed by atoms with Crippen LogP contribution in [0.4, 0.5) is 0 Å². The van der Waals surface area contributed by atoms with Gasteiger partial charge in [0.1, 0.15) is 0 Å². The Morgan fingerprint density at radius 3 is 2.27 bits per heavy atom. The topological polar surface area (TPSA) is 38.7 Å². The third-order valence-electron chi connectivity index (χ3n) is 1.32. The van der Waals surface area contributed by atoms with Crippen LogP contribution in [0, 0.1) is 0 Å². The minimum absolute atomic E-state index is 0.0683. The van der Waals surface area contributed by atoms with E-state index in [0.717, 1.165) is 0 Å². The van der Waals surface area contributed by atoms with E-state index in [1.165, 1.54) is 0 Å². The van der Waals surface area contributed by atoms with E-state index < -0.39 is 0 Å². The molecule has 1 N–H and O–H groups in total. The maximum absolute atomic E-state index is 8.61. The smallest absolute Gasteiger partial charge is 0.0780 e. The number of ether oxygens (including phenoxy) is 2. The number of rotatable bonds is 6. The van der Waals surface area contributed by atoms with E-state index in [1.54, 1.807) is 0 Å². The lowest BCUT2D eigenvalue weighted by Gasteiger charge is -2.14. The second-order valence-electron chi connectivity index (χ2n) is 2.59. The lowest BCUT2D eigenvalue weighted by molar-refractivity contribution is -0.0424. The van der Waals surface area contributed by atoms with Crippen molar-refractivity contribution >= 4 is 0 Å². The number of hydrogen-bond acceptors (Lipinski definition) is 3. The van der Waals surface area contributed by atoms with Gasteiger partial charge in [0.05, 0.1) is 25.4 Å². The molecule has 68 valence electrons. The minimum atomic E-state index is -0.0853. The van der Waals surface area contributed by atoms with Crippen molar-refractivity contribution in [1.82, 2.24) is 0 Å². The highest BCUT2D eigenvalue weighted by Gasteiger charge is 2.04. The van der Waals surface area contributed by atoms with E-state index in [1.807, 2.05) is 20.8 Å². The van der Waals surface area contributed by atoms with E-state index >= 15 is 0 Å². The zero-order valence-electron chi connectivity index (χ0n) is 7.54. The van der Waals surface area contributed by atoms with Gasteiger partial charge in [-0.05, 0) is 20.8 Å². The van der Waals surface area contributed by atoms with E-state index in [9.17, 15) is 0 Å². The number of hydrogen-bond donors (Lipinski definition) is 1. The van der Waals surface area contributed by atoms with Gasteiger partial charge in [-0.1, -0.05) is 0 Å².